The van der Waals surface area contributed by atoms with Gasteiger partial charge in [0.15, 0.2) is 5.58 Å². The molecule has 0 radical (unpaired) electrons. The van der Waals surface area contributed by atoms with Crippen LogP contribution in [0.2, 0.25) is 0 Å². The summed E-state index contributed by atoms with van der Waals surface area (Å²) in [5, 5.41) is 0. The molecule has 3 rings (SSSR count). The second-order valence-electron chi connectivity index (χ2n) is 5.04. The van der Waals surface area contributed by atoms with Crippen molar-refractivity contribution in [3.63, 3.8) is 0 Å². The van der Waals surface area contributed by atoms with Gasteiger partial charge in [0.1, 0.15) is 5.52 Å². The third-order valence-electron chi connectivity index (χ3n) is 3.28. The second kappa shape index (κ2) is 4.12. The van der Waals surface area contributed by atoms with Crippen LogP contribution in [0.1, 0.15) is 16.7 Å². The topological polar surface area (TPSA) is 52.0 Å². The number of rotatable bonds is 1. The van der Waals surface area contributed by atoms with Gasteiger partial charge < -0.3 is 10.2 Å². The number of hydrogen-bond acceptors (Lipinski definition) is 3. The Morgan fingerprint density at radius 3 is 2.53 bits per heavy atom. The minimum Gasteiger partial charge on any atom is -0.434 e. The highest BCUT2D eigenvalue weighted by atomic mass is 16.3. The fourth-order valence-corrected chi connectivity index (χ4v) is 2.37. The van der Waals surface area contributed by atoms with Crippen molar-refractivity contribution in [3.05, 3.63) is 47.0 Å². The lowest BCUT2D eigenvalue weighted by atomic mass is 10.1. The van der Waals surface area contributed by atoms with Gasteiger partial charge in [0.25, 0.3) is 0 Å². The highest BCUT2D eigenvalue weighted by molar-refractivity contribution is 5.87. The Labute approximate surface area is 112 Å². The van der Waals surface area contributed by atoms with E-state index in [1.165, 1.54) is 5.56 Å². The van der Waals surface area contributed by atoms with Gasteiger partial charge in [-0.15, -0.1) is 0 Å². The Morgan fingerprint density at radius 1 is 1.00 bits per heavy atom. The standard InChI is InChI=1S/C16H16N2O/c1-9-4-5-12(11(3)6-9)16-18-14-8-10(2)7-13(17)15(14)19-16/h4-8H,17H2,1-3H3. The SMILES string of the molecule is Cc1ccc(-c2nc3cc(C)cc(N)c3o2)c(C)c1. The summed E-state index contributed by atoms with van der Waals surface area (Å²) in [6.45, 7) is 6.14. The molecule has 0 unspecified atom stereocenters. The Hall–Kier alpha value is -2.29. The van der Waals surface area contributed by atoms with E-state index in [1.54, 1.807) is 0 Å². The van der Waals surface area contributed by atoms with Crippen molar-refractivity contribution in [2.75, 3.05) is 5.73 Å². The third-order valence-corrected chi connectivity index (χ3v) is 3.28. The summed E-state index contributed by atoms with van der Waals surface area (Å²) in [4.78, 5) is 4.55. The Balaban J connectivity index is 2.23. The Bertz CT molecular complexity index is 772. The van der Waals surface area contributed by atoms with E-state index in [0.717, 1.165) is 22.2 Å². The largest absolute Gasteiger partial charge is 0.434 e. The minimum absolute atomic E-state index is 0.629. The molecule has 0 saturated carbocycles. The molecule has 96 valence electrons. The molecule has 2 N–H and O–H groups in total. The first-order chi connectivity index (χ1) is 9.04. The van der Waals surface area contributed by atoms with Gasteiger partial charge >= 0.3 is 0 Å². The number of nitrogens with zero attached hydrogens (tertiary/aromatic N) is 1. The number of fused-ring (bicyclic) bond motifs is 1. The molecule has 0 atom stereocenters. The number of nitrogen functional groups attached to an aromatic ring is 1. The molecule has 0 saturated heterocycles. The monoisotopic (exact) mass is 252 g/mol. The molecule has 1 heterocycles. The van der Waals surface area contributed by atoms with Crippen LogP contribution in [0.15, 0.2) is 34.7 Å². The molecule has 0 fully saturated rings. The van der Waals surface area contributed by atoms with E-state index in [0.29, 0.717) is 17.2 Å². The van der Waals surface area contributed by atoms with Crippen LogP contribution in [0.4, 0.5) is 5.69 Å². The molecule has 0 aliphatic rings. The van der Waals surface area contributed by atoms with Gasteiger partial charge in [0.05, 0.1) is 5.69 Å². The van der Waals surface area contributed by atoms with Crippen molar-refractivity contribution >= 4 is 16.8 Å². The van der Waals surface area contributed by atoms with Crippen molar-refractivity contribution in [2.45, 2.75) is 20.8 Å². The minimum atomic E-state index is 0.629. The summed E-state index contributed by atoms with van der Waals surface area (Å²) < 4.78 is 5.82. The first kappa shape index (κ1) is 11.8. The molecule has 3 heteroatoms. The van der Waals surface area contributed by atoms with Gasteiger partial charge in [-0.3, -0.25) is 0 Å². The van der Waals surface area contributed by atoms with Crippen LogP contribution in [-0.4, -0.2) is 4.98 Å². The van der Waals surface area contributed by atoms with Crippen LogP contribution in [0, 0.1) is 20.8 Å². The molecule has 3 nitrogen and oxygen atoms in total. The number of nitrogens with two attached hydrogens (primary N) is 1. The van der Waals surface area contributed by atoms with Crippen LogP contribution < -0.4 is 5.73 Å². The first-order valence-electron chi connectivity index (χ1n) is 6.29. The molecule has 0 aliphatic heterocycles. The maximum Gasteiger partial charge on any atom is 0.227 e. The third kappa shape index (κ3) is 1.97. The van der Waals surface area contributed by atoms with Crippen molar-refractivity contribution in [1.29, 1.82) is 0 Å². The molecule has 19 heavy (non-hydrogen) atoms. The highest BCUT2D eigenvalue weighted by Gasteiger charge is 2.12. The predicted octanol–water partition coefficient (Wildman–Crippen LogP) is 4.00. The summed E-state index contributed by atoms with van der Waals surface area (Å²) in [7, 11) is 0. The Kier molecular flexibility index (Phi) is 2.56. The van der Waals surface area contributed by atoms with Crippen LogP contribution in [0.5, 0.6) is 0 Å². The van der Waals surface area contributed by atoms with Crippen molar-refractivity contribution in [2.24, 2.45) is 0 Å². The molecule has 0 bridgehead atoms. The van der Waals surface area contributed by atoms with Gasteiger partial charge in [0, 0.05) is 5.56 Å². The average Bonchev–Trinajstić information content (AvgIpc) is 2.72. The maximum absolute atomic E-state index is 5.98. The number of benzene rings is 2. The quantitative estimate of drug-likeness (QED) is 0.666. The van der Waals surface area contributed by atoms with Crippen LogP contribution in [-0.2, 0) is 0 Å². The first-order valence-corrected chi connectivity index (χ1v) is 6.29. The summed E-state index contributed by atoms with van der Waals surface area (Å²) >= 11 is 0. The fraction of sp³-hybridized carbons (Fsp3) is 0.188. The average molecular weight is 252 g/mol. The molecular weight excluding hydrogens is 236 g/mol. The fourth-order valence-electron chi connectivity index (χ4n) is 2.37. The van der Waals surface area contributed by atoms with Gasteiger partial charge in [-0.1, -0.05) is 17.7 Å². The van der Waals surface area contributed by atoms with E-state index >= 15 is 0 Å². The van der Waals surface area contributed by atoms with Gasteiger partial charge in [-0.05, 0) is 50.1 Å². The van der Waals surface area contributed by atoms with Gasteiger partial charge in [-0.25, -0.2) is 4.98 Å². The Morgan fingerprint density at radius 2 is 1.79 bits per heavy atom. The molecule has 1 aromatic heterocycles. The number of aromatic nitrogens is 1. The summed E-state index contributed by atoms with van der Waals surface area (Å²) in [6.07, 6.45) is 0. The predicted molar refractivity (Wildman–Crippen MR) is 78.1 cm³/mol. The van der Waals surface area contributed by atoms with Crippen LogP contribution in [0.3, 0.4) is 0 Å². The van der Waals surface area contributed by atoms with Crippen molar-refractivity contribution in [3.8, 4) is 11.5 Å². The van der Waals surface area contributed by atoms with Crippen LogP contribution in [0.25, 0.3) is 22.6 Å². The van der Waals surface area contributed by atoms with E-state index in [2.05, 4.69) is 31.0 Å². The normalized spacial score (nSPS) is 11.1. The zero-order chi connectivity index (χ0) is 13.6. The van der Waals surface area contributed by atoms with E-state index in [-0.39, 0.29) is 0 Å². The molecule has 3 aromatic rings. The van der Waals surface area contributed by atoms with E-state index in [9.17, 15) is 0 Å². The van der Waals surface area contributed by atoms with Gasteiger partial charge in [0.2, 0.25) is 5.89 Å². The smallest absolute Gasteiger partial charge is 0.227 e. The van der Waals surface area contributed by atoms with E-state index < -0.39 is 0 Å². The zero-order valence-electron chi connectivity index (χ0n) is 11.3. The molecule has 2 aromatic carbocycles. The molecular formula is C16H16N2O. The molecule has 0 aliphatic carbocycles. The highest BCUT2D eigenvalue weighted by Crippen LogP contribution is 2.30. The molecule has 0 amide bonds. The molecule has 0 spiro atoms. The van der Waals surface area contributed by atoms with E-state index in [1.807, 2.05) is 25.1 Å². The van der Waals surface area contributed by atoms with Crippen molar-refractivity contribution in [1.82, 2.24) is 4.98 Å². The lowest BCUT2D eigenvalue weighted by molar-refractivity contribution is 0.620. The number of hydrogen-bond donors (Lipinski definition) is 1. The van der Waals surface area contributed by atoms with Crippen molar-refractivity contribution < 1.29 is 4.42 Å². The number of aryl methyl sites for hydroxylation is 3. The van der Waals surface area contributed by atoms with Gasteiger partial charge in [-0.2, -0.15) is 0 Å². The number of anilines is 1. The summed E-state index contributed by atoms with van der Waals surface area (Å²) in [5.74, 6) is 0.629. The second-order valence-corrected chi connectivity index (χ2v) is 5.04. The maximum atomic E-state index is 5.98. The summed E-state index contributed by atoms with van der Waals surface area (Å²) in [6, 6.07) is 10.1. The summed E-state index contributed by atoms with van der Waals surface area (Å²) in [5.41, 5.74) is 12.6. The lowest BCUT2D eigenvalue weighted by Crippen LogP contribution is -1.86. The zero-order valence-corrected chi connectivity index (χ0v) is 11.3. The number of oxazole rings is 1. The lowest BCUT2D eigenvalue weighted by Gasteiger charge is -2.02. The van der Waals surface area contributed by atoms with Crippen LogP contribution >= 0.6 is 0 Å². The van der Waals surface area contributed by atoms with E-state index in [4.69, 9.17) is 10.2 Å².